The number of amides is 1. The van der Waals surface area contributed by atoms with E-state index in [1.807, 2.05) is 32.0 Å². The van der Waals surface area contributed by atoms with Crippen LogP contribution in [-0.2, 0) is 0 Å². The predicted octanol–water partition coefficient (Wildman–Crippen LogP) is 3.37. The van der Waals surface area contributed by atoms with Crippen molar-refractivity contribution in [1.29, 1.82) is 0 Å². The molecule has 94 valence electrons. The lowest BCUT2D eigenvalue weighted by Gasteiger charge is -2.08. The van der Waals surface area contributed by atoms with Gasteiger partial charge in [-0.15, -0.1) is 12.4 Å². The third-order valence-electron chi connectivity index (χ3n) is 2.55. The van der Waals surface area contributed by atoms with Crippen molar-refractivity contribution in [3.8, 4) is 0 Å². The first-order valence-electron chi connectivity index (χ1n) is 5.45. The van der Waals surface area contributed by atoms with Crippen molar-refractivity contribution in [3.05, 3.63) is 59.4 Å². The number of carbonyl (C=O) groups is 1. The van der Waals surface area contributed by atoms with Crippen LogP contribution in [0.3, 0.4) is 0 Å². The summed E-state index contributed by atoms with van der Waals surface area (Å²) in [5, 5.41) is 2.87. The molecule has 0 aliphatic heterocycles. The lowest BCUT2D eigenvalue weighted by molar-refractivity contribution is 0.102. The van der Waals surface area contributed by atoms with E-state index >= 15 is 0 Å². The SMILES string of the molecule is Cc1ccc(NC(=O)c2cccnc2)c(C)c1.Cl. The number of halogens is 1. The van der Waals surface area contributed by atoms with E-state index in [9.17, 15) is 4.79 Å². The van der Waals surface area contributed by atoms with E-state index in [1.54, 1.807) is 24.5 Å². The molecule has 0 aliphatic rings. The molecule has 2 rings (SSSR count). The van der Waals surface area contributed by atoms with Crippen molar-refractivity contribution in [2.45, 2.75) is 13.8 Å². The summed E-state index contributed by atoms with van der Waals surface area (Å²) < 4.78 is 0. The van der Waals surface area contributed by atoms with Crippen LogP contribution in [0.15, 0.2) is 42.7 Å². The van der Waals surface area contributed by atoms with Gasteiger partial charge in [0, 0.05) is 18.1 Å². The number of rotatable bonds is 2. The third kappa shape index (κ3) is 3.31. The van der Waals surface area contributed by atoms with Gasteiger partial charge in [-0.2, -0.15) is 0 Å². The van der Waals surface area contributed by atoms with Gasteiger partial charge in [-0.05, 0) is 37.6 Å². The van der Waals surface area contributed by atoms with E-state index < -0.39 is 0 Å². The van der Waals surface area contributed by atoms with Crippen LogP contribution in [-0.4, -0.2) is 10.9 Å². The summed E-state index contributed by atoms with van der Waals surface area (Å²) in [5.74, 6) is -0.134. The van der Waals surface area contributed by atoms with Gasteiger partial charge >= 0.3 is 0 Å². The van der Waals surface area contributed by atoms with Gasteiger partial charge in [0.2, 0.25) is 0 Å². The maximum absolute atomic E-state index is 11.9. The van der Waals surface area contributed by atoms with Gasteiger partial charge in [0.15, 0.2) is 0 Å². The number of pyridine rings is 1. The van der Waals surface area contributed by atoms with Gasteiger partial charge in [0.25, 0.3) is 5.91 Å². The highest BCUT2D eigenvalue weighted by Crippen LogP contribution is 2.16. The summed E-state index contributed by atoms with van der Waals surface area (Å²) in [7, 11) is 0. The zero-order chi connectivity index (χ0) is 12.3. The number of carbonyl (C=O) groups excluding carboxylic acids is 1. The monoisotopic (exact) mass is 262 g/mol. The first-order valence-corrected chi connectivity index (χ1v) is 5.45. The Kier molecular flexibility index (Phi) is 4.86. The summed E-state index contributed by atoms with van der Waals surface area (Å²) in [5.41, 5.74) is 3.64. The topological polar surface area (TPSA) is 42.0 Å². The van der Waals surface area contributed by atoms with Crippen molar-refractivity contribution in [2.75, 3.05) is 5.32 Å². The number of hydrogen-bond acceptors (Lipinski definition) is 2. The van der Waals surface area contributed by atoms with E-state index in [4.69, 9.17) is 0 Å². The van der Waals surface area contributed by atoms with Crippen molar-refractivity contribution in [2.24, 2.45) is 0 Å². The van der Waals surface area contributed by atoms with Crippen LogP contribution in [0.2, 0.25) is 0 Å². The lowest BCUT2D eigenvalue weighted by Crippen LogP contribution is -2.12. The maximum Gasteiger partial charge on any atom is 0.257 e. The van der Waals surface area contributed by atoms with E-state index in [1.165, 1.54) is 5.56 Å². The van der Waals surface area contributed by atoms with E-state index in [0.717, 1.165) is 11.3 Å². The fourth-order valence-corrected chi connectivity index (χ4v) is 1.65. The fraction of sp³-hybridized carbons (Fsp3) is 0.143. The second kappa shape index (κ2) is 6.17. The van der Waals surface area contributed by atoms with E-state index in [-0.39, 0.29) is 18.3 Å². The fourth-order valence-electron chi connectivity index (χ4n) is 1.65. The molecule has 1 heterocycles. The Bertz CT molecular complexity index is 541. The molecule has 18 heavy (non-hydrogen) atoms. The van der Waals surface area contributed by atoms with Crippen LogP contribution in [0.4, 0.5) is 5.69 Å². The molecule has 0 fully saturated rings. The number of nitrogens with one attached hydrogen (secondary N) is 1. The number of aromatic nitrogens is 1. The molecule has 0 unspecified atom stereocenters. The van der Waals surface area contributed by atoms with Crippen LogP contribution in [0.5, 0.6) is 0 Å². The smallest absolute Gasteiger partial charge is 0.257 e. The molecule has 0 spiro atoms. The minimum atomic E-state index is -0.134. The van der Waals surface area contributed by atoms with Crippen molar-refractivity contribution in [1.82, 2.24) is 4.98 Å². The zero-order valence-electron chi connectivity index (χ0n) is 10.3. The molecule has 0 bridgehead atoms. The highest BCUT2D eigenvalue weighted by Gasteiger charge is 2.07. The van der Waals surface area contributed by atoms with Crippen LogP contribution < -0.4 is 5.32 Å². The number of nitrogens with zero attached hydrogens (tertiary/aromatic N) is 1. The Morgan fingerprint density at radius 2 is 2.00 bits per heavy atom. The Hall–Kier alpha value is -1.87. The molecule has 0 saturated carbocycles. The summed E-state index contributed by atoms with van der Waals surface area (Å²) in [6, 6.07) is 9.42. The lowest BCUT2D eigenvalue weighted by atomic mass is 10.1. The molecule has 1 aromatic carbocycles. The van der Waals surface area contributed by atoms with Crippen LogP contribution in [0.1, 0.15) is 21.5 Å². The van der Waals surface area contributed by atoms with Crippen molar-refractivity contribution < 1.29 is 4.79 Å². The maximum atomic E-state index is 11.9. The van der Waals surface area contributed by atoms with Gasteiger partial charge < -0.3 is 5.32 Å². The Morgan fingerprint density at radius 1 is 1.22 bits per heavy atom. The summed E-state index contributed by atoms with van der Waals surface area (Å²) in [4.78, 5) is 15.8. The van der Waals surface area contributed by atoms with Crippen LogP contribution in [0.25, 0.3) is 0 Å². The largest absolute Gasteiger partial charge is 0.322 e. The number of aryl methyl sites for hydroxylation is 2. The first kappa shape index (κ1) is 14.2. The molecular weight excluding hydrogens is 248 g/mol. The van der Waals surface area contributed by atoms with Crippen molar-refractivity contribution >= 4 is 24.0 Å². The second-order valence-corrected chi connectivity index (χ2v) is 4.01. The summed E-state index contributed by atoms with van der Waals surface area (Å²) >= 11 is 0. The minimum absolute atomic E-state index is 0. The van der Waals surface area contributed by atoms with Crippen LogP contribution in [0, 0.1) is 13.8 Å². The van der Waals surface area contributed by atoms with Gasteiger partial charge in [0.05, 0.1) is 5.56 Å². The molecule has 1 amide bonds. The van der Waals surface area contributed by atoms with Gasteiger partial charge in [-0.25, -0.2) is 0 Å². The molecule has 0 atom stereocenters. The minimum Gasteiger partial charge on any atom is -0.322 e. The quantitative estimate of drug-likeness (QED) is 0.902. The van der Waals surface area contributed by atoms with Gasteiger partial charge in [-0.1, -0.05) is 17.7 Å². The Labute approximate surface area is 113 Å². The van der Waals surface area contributed by atoms with Gasteiger partial charge in [-0.3, -0.25) is 9.78 Å². The number of benzene rings is 1. The highest BCUT2D eigenvalue weighted by molar-refractivity contribution is 6.04. The first-order chi connectivity index (χ1) is 8.16. The molecular formula is C14H15ClN2O. The average Bonchev–Trinajstić information content (AvgIpc) is 2.34. The molecule has 1 aromatic heterocycles. The van der Waals surface area contributed by atoms with Crippen LogP contribution >= 0.6 is 12.4 Å². The molecule has 4 heteroatoms. The third-order valence-corrected chi connectivity index (χ3v) is 2.55. The molecule has 3 nitrogen and oxygen atoms in total. The Morgan fingerprint density at radius 3 is 2.61 bits per heavy atom. The molecule has 0 radical (unpaired) electrons. The zero-order valence-corrected chi connectivity index (χ0v) is 11.1. The number of hydrogen-bond donors (Lipinski definition) is 1. The highest BCUT2D eigenvalue weighted by atomic mass is 35.5. The molecule has 1 N–H and O–H groups in total. The molecule has 0 saturated heterocycles. The van der Waals surface area contributed by atoms with E-state index in [0.29, 0.717) is 5.56 Å². The van der Waals surface area contributed by atoms with E-state index in [2.05, 4.69) is 10.3 Å². The van der Waals surface area contributed by atoms with Gasteiger partial charge in [0.1, 0.15) is 0 Å². The second-order valence-electron chi connectivity index (χ2n) is 4.01. The normalized spacial score (nSPS) is 9.44. The predicted molar refractivity (Wildman–Crippen MR) is 75.4 cm³/mol. The number of anilines is 1. The summed E-state index contributed by atoms with van der Waals surface area (Å²) in [6.07, 6.45) is 3.20. The molecule has 0 aliphatic carbocycles. The standard InChI is InChI=1S/C14H14N2O.ClH/c1-10-5-6-13(11(2)8-10)16-14(17)12-4-3-7-15-9-12;/h3-9H,1-2H3,(H,16,17);1H. The Balaban J connectivity index is 0.00000162. The molecule has 2 aromatic rings. The van der Waals surface area contributed by atoms with Crippen molar-refractivity contribution in [3.63, 3.8) is 0 Å². The summed E-state index contributed by atoms with van der Waals surface area (Å²) in [6.45, 7) is 4.01. The average molecular weight is 263 g/mol.